The molecule has 0 spiro atoms. The van der Waals surface area contributed by atoms with Gasteiger partial charge in [0.25, 0.3) is 0 Å². The zero-order valence-electron chi connectivity index (χ0n) is 27.2. The van der Waals surface area contributed by atoms with E-state index in [0.717, 1.165) is 37.9 Å². The summed E-state index contributed by atoms with van der Waals surface area (Å²) < 4.78 is 43.1. The van der Waals surface area contributed by atoms with Gasteiger partial charge in [0.1, 0.15) is 13.2 Å². The van der Waals surface area contributed by atoms with Crippen LogP contribution in [0, 0.1) is 0 Å². The van der Waals surface area contributed by atoms with Gasteiger partial charge in [0.15, 0.2) is 0 Å². The lowest BCUT2D eigenvalue weighted by Crippen LogP contribution is -2.15. The van der Waals surface area contributed by atoms with E-state index in [2.05, 4.69) is 19.2 Å². The van der Waals surface area contributed by atoms with Crippen molar-refractivity contribution < 1.29 is 47.5 Å². The second-order valence-electron chi connectivity index (χ2n) is 10.1. The molecule has 0 atom stereocenters. The van der Waals surface area contributed by atoms with Crippen molar-refractivity contribution in [2.45, 2.75) is 65.2 Å². The van der Waals surface area contributed by atoms with Crippen LogP contribution in [-0.4, -0.2) is 111 Å². The van der Waals surface area contributed by atoms with E-state index in [-0.39, 0.29) is 25.2 Å². The van der Waals surface area contributed by atoms with E-state index in [9.17, 15) is 9.59 Å². The molecule has 0 aromatic heterocycles. The molecule has 0 amide bonds. The summed E-state index contributed by atoms with van der Waals surface area (Å²) in [6.45, 7) is 11.0. The number of hydrogen-bond donors (Lipinski definition) is 1. The molecule has 0 radical (unpaired) electrons. The Balaban J connectivity index is 1.76. The van der Waals surface area contributed by atoms with Crippen LogP contribution in [0.5, 0.6) is 0 Å². The molecule has 1 N–H and O–H groups in total. The number of carbonyl (C=O) groups excluding carboxylic acids is 2. The van der Waals surface area contributed by atoms with Crippen LogP contribution in [-0.2, 0) is 42.7 Å². The minimum absolute atomic E-state index is 0.151. The summed E-state index contributed by atoms with van der Waals surface area (Å²) in [4.78, 5) is 23.7. The molecule has 0 bridgehead atoms. The highest BCUT2D eigenvalue weighted by Gasteiger charge is 2.07. The zero-order valence-corrected chi connectivity index (χ0v) is 27.2. The van der Waals surface area contributed by atoms with Crippen LogP contribution in [0.15, 0.2) is 24.3 Å². The maximum Gasteiger partial charge on any atom is 0.338 e. The molecule has 0 saturated carbocycles. The number of anilines is 1. The molecule has 0 fully saturated rings. The van der Waals surface area contributed by atoms with Gasteiger partial charge in [0.05, 0.1) is 84.8 Å². The number of carbonyl (C=O) groups is 2. The molecule has 1 aromatic rings. The monoisotopic (exact) mass is 627 g/mol. The molecule has 254 valence electrons. The van der Waals surface area contributed by atoms with Gasteiger partial charge in [-0.05, 0) is 37.1 Å². The van der Waals surface area contributed by atoms with Crippen LogP contribution < -0.4 is 5.32 Å². The average Bonchev–Trinajstić information content (AvgIpc) is 3.03. The summed E-state index contributed by atoms with van der Waals surface area (Å²) in [6, 6.07) is 7.28. The Morgan fingerprint density at radius 2 is 0.955 bits per heavy atom. The molecule has 44 heavy (non-hydrogen) atoms. The van der Waals surface area contributed by atoms with Gasteiger partial charge in [-0.1, -0.05) is 46.0 Å². The first-order chi connectivity index (χ1) is 21.7. The first kappa shape index (κ1) is 39.7. The Morgan fingerprint density at radius 3 is 1.43 bits per heavy atom. The Morgan fingerprint density at radius 1 is 0.523 bits per heavy atom. The van der Waals surface area contributed by atoms with E-state index in [1.807, 2.05) is 12.1 Å². The Bertz CT molecular complexity index is 793. The lowest BCUT2D eigenvalue weighted by atomic mass is 10.1. The van der Waals surface area contributed by atoms with Crippen molar-refractivity contribution >= 4 is 17.6 Å². The molecule has 0 saturated heterocycles. The number of nitrogens with one attached hydrogen (secondary N) is 1. The van der Waals surface area contributed by atoms with Crippen molar-refractivity contribution in [1.82, 2.24) is 0 Å². The van der Waals surface area contributed by atoms with E-state index < -0.39 is 0 Å². The van der Waals surface area contributed by atoms with Gasteiger partial charge in [0, 0.05) is 18.7 Å². The largest absolute Gasteiger partial charge is 0.463 e. The van der Waals surface area contributed by atoms with E-state index in [1.165, 1.54) is 19.3 Å². The fourth-order valence-corrected chi connectivity index (χ4v) is 3.77. The van der Waals surface area contributed by atoms with Gasteiger partial charge < -0.3 is 43.2 Å². The summed E-state index contributed by atoms with van der Waals surface area (Å²) in [5, 5.41) is 3.31. The molecule has 1 aromatic carbocycles. The number of benzene rings is 1. The highest BCUT2D eigenvalue weighted by Crippen LogP contribution is 2.11. The molecule has 11 nitrogen and oxygen atoms in total. The van der Waals surface area contributed by atoms with Gasteiger partial charge in [-0.25, -0.2) is 4.79 Å². The van der Waals surface area contributed by atoms with E-state index in [4.69, 9.17) is 37.9 Å². The smallest absolute Gasteiger partial charge is 0.338 e. The van der Waals surface area contributed by atoms with Crippen LogP contribution in [0.2, 0.25) is 0 Å². The summed E-state index contributed by atoms with van der Waals surface area (Å²) >= 11 is 0. The maximum atomic E-state index is 12.1. The summed E-state index contributed by atoms with van der Waals surface area (Å²) in [7, 11) is 0. The predicted molar refractivity (Wildman–Crippen MR) is 169 cm³/mol. The number of rotatable bonds is 32. The summed E-state index contributed by atoms with van der Waals surface area (Å²) in [6.07, 6.45) is 8.30. The lowest BCUT2D eigenvalue weighted by molar-refractivity contribution is -0.145. The number of hydrogen-bond acceptors (Lipinski definition) is 11. The first-order valence-electron chi connectivity index (χ1n) is 16.3. The quantitative estimate of drug-likeness (QED) is 0.0853. The van der Waals surface area contributed by atoms with Crippen LogP contribution in [0.1, 0.15) is 75.6 Å². The van der Waals surface area contributed by atoms with Crippen molar-refractivity contribution in [3.05, 3.63) is 29.8 Å². The van der Waals surface area contributed by atoms with E-state index in [0.29, 0.717) is 91.3 Å². The van der Waals surface area contributed by atoms with Crippen LogP contribution in [0.25, 0.3) is 0 Å². The number of esters is 2. The van der Waals surface area contributed by atoms with Crippen molar-refractivity contribution in [3.8, 4) is 0 Å². The third-order valence-corrected chi connectivity index (χ3v) is 6.28. The van der Waals surface area contributed by atoms with Crippen LogP contribution in [0.4, 0.5) is 5.69 Å². The molecule has 0 aliphatic carbocycles. The minimum atomic E-state index is -0.362. The summed E-state index contributed by atoms with van der Waals surface area (Å²) in [5.74, 6) is -0.513. The maximum absolute atomic E-state index is 12.1. The zero-order chi connectivity index (χ0) is 31.8. The third kappa shape index (κ3) is 25.1. The predicted octanol–water partition coefficient (Wildman–Crippen LogP) is 5.06. The second-order valence-corrected chi connectivity index (χ2v) is 10.1. The first-order valence-corrected chi connectivity index (χ1v) is 16.3. The van der Waals surface area contributed by atoms with Gasteiger partial charge in [0.2, 0.25) is 0 Å². The summed E-state index contributed by atoms with van der Waals surface area (Å²) in [5.41, 5.74) is 1.51. The molecular formula is C33H57NO10. The fraction of sp³-hybridized carbons (Fsp3) is 0.758. The normalized spacial score (nSPS) is 11.0. The third-order valence-electron chi connectivity index (χ3n) is 6.28. The molecule has 0 aliphatic heterocycles. The minimum Gasteiger partial charge on any atom is -0.463 e. The fourth-order valence-electron chi connectivity index (χ4n) is 3.77. The van der Waals surface area contributed by atoms with Crippen molar-refractivity contribution in [2.24, 2.45) is 0 Å². The van der Waals surface area contributed by atoms with Gasteiger partial charge in [-0.15, -0.1) is 0 Å². The highest BCUT2D eigenvalue weighted by atomic mass is 16.6. The highest BCUT2D eigenvalue weighted by molar-refractivity contribution is 5.89. The van der Waals surface area contributed by atoms with Crippen molar-refractivity contribution in [1.29, 1.82) is 0 Å². The van der Waals surface area contributed by atoms with E-state index in [1.54, 1.807) is 12.1 Å². The molecule has 0 unspecified atom stereocenters. The second kappa shape index (κ2) is 30.7. The lowest BCUT2D eigenvalue weighted by Gasteiger charge is -2.09. The SMILES string of the molecule is CCCCCCCC(=O)OCCOCCOCCOCCOCCOCCOCCOC(=O)c1ccc(NCCCC)cc1. The standard InChI is InChI=1S/C33H57NO10/c1-3-5-7-8-9-10-32(35)43-28-26-41-24-22-39-20-18-37-16-17-38-19-21-40-23-25-42-27-29-44-33(36)30-11-13-31(14-12-30)34-15-6-4-2/h11-14,34H,3-10,15-29H2,1-2H3. The van der Waals surface area contributed by atoms with Crippen molar-refractivity contribution in [3.63, 3.8) is 0 Å². The molecule has 0 aliphatic rings. The van der Waals surface area contributed by atoms with Gasteiger partial charge in [-0.2, -0.15) is 0 Å². The Kier molecular flexibility index (Phi) is 27.8. The van der Waals surface area contributed by atoms with Crippen molar-refractivity contribution in [2.75, 3.05) is 104 Å². The Labute approximate surface area is 264 Å². The molecule has 11 heteroatoms. The molecular weight excluding hydrogens is 570 g/mol. The van der Waals surface area contributed by atoms with Gasteiger partial charge in [-0.3, -0.25) is 4.79 Å². The Hall–Kier alpha value is -2.28. The van der Waals surface area contributed by atoms with Crippen LogP contribution >= 0.6 is 0 Å². The van der Waals surface area contributed by atoms with E-state index >= 15 is 0 Å². The topological polar surface area (TPSA) is 120 Å². The average molecular weight is 628 g/mol. The molecule has 0 heterocycles. The number of ether oxygens (including phenoxy) is 8. The van der Waals surface area contributed by atoms with Crippen LogP contribution in [0.3, 0.4) is 0 Å². The molecule has 1 rings (SSSR count). The van der Waals surface area contributed by atoms with Gasteiger partial charge >= 0.3 is 11.9 Å². The number of unbranched alkanes of at least 4 members (excludes halogenated alkanes) is 5.